The van der Waals surface area contributed by atoms with Crippen molar-refractivity contribution in [2.75, 3.05) is 18.8 Å². The lowest BCUT2D eigenvalue weighted by Gasteiger charge is -2.20. The summed E-state index contributed by atoms with van der Waals surface area (Å²) in [6.45, 7) is 1.56. The predicted molar refractivity (Wildman–Crippen MR) is 104 cm³/mol. The van der Waals surface area contributed by atoms with Gasteiger partial charge in [0.2, 0.25) is 0 Å². The second-order valence-corrected chi connectivity index (χ2v) is 7.55. The third-order valence-corrected chi connectivity index (χ3v) is 5.95. The Hall–Kier alpha value is -2.33. The SMILES string of the molecule is O=C(c1ccc2ccccc2n1)N1CCSC(c2ccccc2)CC1. The molecule has 1 aliphatic rings. The van der Waals surface area contributed by atoms with Crippen molar-refractivity contribution < 1.29 is 4.79 Å². The van der Waals surface area contributed by atoms with E-state index in [4.69, 9.17) is 0 Å². The molecule has 126 valence electrons. The Morgan fingerprint density at radius 3 is 2.64 bits per heavy atom. The van der Waals surface area contributed by atoms with Gasteiger partial charge in [-0.2, -0.15) is 11.8 Å². The van der Waals surface area contributed by atoms with Crippen LogP contribution in [0.1, 0.15) is 27.7 Å². The Morgan fingerprint density at radius 1 is 0.960 bits per heavy atom. The Morgan fingerprint density at radius 2 is 1.76 bits per heavy atom. The Labute approximate surface area is 152 Å². The molecule has 4 rings (SSSR count). The number of rotatable bonds is 2. The molecule has 25 heavy (non-hydrogen) atoms. The van der Waals surface area contributed by atoms with E-state index in [1.165, 1.54) is 5.56 Å². The van der Waals surface area contributed by atoms with Crippen molar-refractivity contribution in [2.24, 2.45) is 0 Å². The van der Waals surface area contributed by atoms with E-state index < -0.39 is 0 Å². The molecule has 3 aromatic rings. The molecule has 0 N–H and O–H groups in total. The van der Waals surface area contributed by atoms with Gasteiger partial charge in [-0.15, -0.1) is 0 Å². The number of carbonyl (C=O) groups is 1. The maximum Gasteiger partial charge on any atom is 0.272 e. The van der Waals surface area contributed by atoms with E-state index in [1.807, 2.05) is 59.1 Å². The van der Waals surface area contributed by atoms with Crippen LogP contribution in [0.2, 0.25) is 0 Å². The molecular weight excluding hydrogens is 328 g/mol. The molecule has 2 aromatic carbocycles. The lowest BCUT2D eigenvalue weighted by atomic mass is 10.1. The highest BCUT2D eigenvalue weighted by atomic mass is 32.2. The van der Waals surface area contributed by atoms with Gasteiger partial charge < -0.3 is 4.90 Å². The molecule has 0 radical (unpaired) electrons. The number of carbonyl (C=O) groups excluding carboxylic acids is 1. The molecule has 1 fully saturated rings. The topological polar surface area (TPSA) is 33.2 Å². The molecule has 4 heteroatoms. The van der Waals surface area contributed by atoms with Crippen LogP contribution >= 0.6 is 11.8 Å². The molecule has 0 aliphatic carbocycles. The normalized spacial score (nSPS) is 18.1. The number of pyridine rings is 1. The zero-order valence-electron chi connectivity index (χ0n) is 14.0. The highest BCUT2D eigenvalue weighted by Gasteiger charge is 2.23. The van der Waals surface area contributed by atoms with Gasteiger partial charge in [0, 0.05) is 29.5 Å². The van der Waals surface area contributed by atoms with Gasteiger partial charge in [0.05, 0.1) is 5.52 Å². The van der Waals surface area contributed by atoms with E-state index in [0.29, 0.717) is 10.9 Å². The molecule has 1 atom stereocenters. The maximum absolute atomic E-state index is 12.9. The van der Waals surface area contributed by atoms with Gasteiger partial charge >= 0.3 is 0 Å². The first-order chi connectivity index (χ1) is 12.3. The van der Waals surface area contributed by atoms with Crippen molar-refractivity contribution in [1.82, 2.24) is 9.88 Å². The highest BCUT2D eigenvalue weighted by Crippen LogP contribution is 2.34. The summed E-state index contributed by atoms with van der Waals surface area (Å²) >= 11 is 1.94. The number of thioether (sulfide) groups is 1. The van der Waals surface area contributed by atoms with Crippen LogP contribution in [0.4, 0.5) is 0 Å². The number of amides is 1. The maximum atomic E-state index is 12.9. The van der Waals surface area contributed by atoms with Crippen LogP contribution in [-0.2, 0) is 0 Å². The van der Waals surface area contributed by atoms with Crippen molar-refractivity contribution in [3.8, 4) is 0 Å². The summed E-state index contributed by atoms with van der Waals surface area (Å²) in [5.74, 6) is 0.999. The van der Waals surface area contributed by atoms with E-state index in [2.05, 4.69) is 29.2 Å². The quantitative estimate of drug-likeness (QED) is 0.681. The molecule has 1 aromatic heterocycles. The standard InChI is InChI=1S/C21H20N2OS/c24-21(19-11-10-16-6-4-5-9-18(16)22-19)23-13-12-20(25-15-14-23)17-7-2-1-3-8-17/h1-11,20H,12-15H2. The van der Waals surface area contributed by atoms with Crippen molar-refractivity contribution in [3.05, 3.63) is 78.0 Å². The summed E-state index contributed by atoms with van der Waals surface area (Å²) in [4.78, 5) is 19.4. The number of aromatic nitrogens is 1. The van der Waals surface area contributed by atoms with Gasteiger partial charge in [0.1, 0.15) is 5.69 Å². The van der Waals surface area contributed by atoms with Crippen LogP contribution < -0.4 is 0 Å². The first-order valence-corrected chi connectivity index (χ1v) is 9.68. The van der Waals surface area contributed by atoms with Crippen molar-refractivity contribution >= 4 is 28.6 Å². The van der Waals surface area contributed by atoms with Crippen LogP contribution in [0, 0.1) is 0 Å². The first kappa shape index (κ1) is 16.2. The second kappa shape index (κ2) is 7.28. The van der Waals surface area contributed by atoms with Crippen LogP contribution in [-0.4, -0.2) is 34.6 Å². The lowest BCUT2D eigenvalue weighted by molar-refractivity contribution is 0.0761. The zero-order valence-corrected chi connectivity index (χ0v) is 14.8. The van der Waals surface area contributed by atoms with Gasteiger partial charge in [0.25, 0.3) is 5.91 Å². The minimum atomic E-state index is 0.0417. The molecule has 3 nitrogen and oxygen atoms in total. The van der Waals surface area contributed by atoms with E-state index in [-0.39, 0.29) is 5.91 Å². The second-order valence-electron chi connectivity index (χ2n) is 6.24. The Bertz CT molecular complexity index is 881. The van der Waals surface area contributed by atoms with Gasteiger partial charge in [-0.1, -0.05) is 54.6 Å². The van der Waals surface area contributed by atoms with E-state index >= 15 is 0 Å². The largest absolute Gasteiger partial charge is 0.336 e. The predicted octanol–water partition coefficient (Wildman–Crippen LogP) is 4.56. The Balaban J connectivity index is 1.50. The molecule has 1 saturated heterocycles. The highest BCUT2D eigenvalue weighted by molar-refractivity contribution is 7.99. The van der Waals surface area contributed by atoms with Gasteiger partial charge in [-0.25, -0.2) is 4.98 Å². The molecular formula is C21H20N2OS. The van der Waals surface area contributed by atoms with E-state index in [1.54, 1.807) is 0 Å². The molecule has 2 heterocycles. The molecule has 0 spiro atoms. The fourth-order valence-electron chi connectivity index (χ4n) is 3.25. The molecule has 0 bridgehead atoms. The van der Waals surface area contributed by atoms with Gasteiger partial charge in [0.15, 0.2) is 0 Å². The number of hydrogen-bond acceptors (Lipinski definition) is 3. The third kappa shape index (κ3) is 3.54. The number of benzene rings is 2. The minimum Gasteiger partial charge on any atom is -0.336 e. The minimum absolute atomic E-state index is 0.0417. The number of hydrogen-bond donors (Lipinski definition) is 0. The smallest absolute Gasteiger partial charge is 0.272 e. The summed E-state index contributed by atoms with van der Waals surface area (Å²) in [6.07, 6.45) is 0.980. The average molecular weight is 348 g/mol. The van der Waals surface area contributed by atoms with Crippen molar-refractivity contribution in [1.29, 1.82) is 0 Å². The number of fused-ring (bicyclic) bond motifs is 1. The van der Waals surface area contributed by atoms with Crippen molar-refractivity contribution in [3.63, 3.8) is 0 Å². The zero-order chi connectivity index (χ0) is 17.1. The van der Waals surface area contributed by atoms with Crippen LogP contribution in [0.25, 0.3) is 10.9 Å². The summed E-state index contributed by atoms with van der Waals surface area (Å²) in [5, 5.41) is 1.53. The first-order valence-electron chi connectivity index (χ1n) is 8.63. The molecule has 1 amide bonds. The summed E-state index contributed by atoms with van der Waals surface area (Å²) in [7, 11) is 0. The van der Waals surface area contributed by atoms with Crippen LogP contribution in [0.3, 0.4) is 0 Å². The van der Waals surface area contributed by atoms with Crippen LogP contribution in [0.15, 0.2) is 66.7 Å². The summed E-state index contributed by atoms with van der Waals surface area (Å²) < 4.78 is 0. The van der Waals surface area contributed by atoms with Crippen molar-refractivity contribution in [2.45, 2.75) is 11.7 Å². The summed E-state index contributed by atoms with van der Waals surface area (Å²) in [6, 6.07) is 22.3. The average Bonchev–Trinajstić information content (AvgIpc) is 2.94. The Kier molecular flexibility index (Phi) is 4.70. The molecule has 1 aliphatic heterocycles. The fourth-order valence-corrected chi connectivity index (χ4v) is 4.49. The fraction of sp³-hybridized carbons (Fsp3) is 0.238. The van der Waals surface area contributed by atoms with E-state index in [0.717, 1.165) is 36.2 Å². The monoisotopic (exact) mass is 348 g/mol. The third-order valence-electron chi connectivity index (χ3n) is 4.62. The summed E-state index contributed by atoms with van der Waals surface area (Å²) in [5.41, 5.74) is 2.77. The lowest BCUT2D eigenvalue weighted by Crippen LogP contribution is -2.33. The number of para-hydroxylation sites is 1. The van der Waals surface area contributed by atoms with Gasteiger partial charge in [-0.05, 0) is 24.1 Å². The molecule has 1 unspecified atom stereocenters. The molecule has 0 saturated carbocycles. The van der Waals surface area contributed by atoms with Gasteiger partial charge in [-0.3, -0.25) is 4.79 Å². The van der Waals surface area contributed by atoms with Crippen LogP contribution in [0.5, 0.6) is 0 Å². The number of nitrogens with zero attached hydrogens (tertiary/aromatic N) is 2. The van der Waals surface area contributed by atoms with E-state index in [9.17, 15) is 4.79 Å².